The first-order chi connectivity index (χ1) is 14.9. The number of nitrogens with two attached hydrogens (primary N) is 1. The number of aliphatic hydroxyl groups is 1. The predicted octanol–water partition coefficient (Wildman–Crippen LogP) is 2.57. The largest absolute Gasteiger partial charge is 0.444 e. The summed E-state index contributed by atoms with van der Waals surface area (Å²) in [5.74, 6) is -5.57. The number of rotatable bonds is 5. The molecule has 2 aromatic rings. The zero-order valence-electron chi connectivity index (χ0n) is 16.9. The third kappa shape index (κ3) is 3.61. The van der Waals surface area contributed by atoms with Crippen molar-refractivity contribution < 1.29 is 29.0 Å². The van der Waals surface area contributed by atoms with Crippen LogP contribution in [0.2, 0.25) is 0 Å². The molecule has 160 valence electrons. The molecule has 0 bridgehead atoms. The molecule has 0 radical (unpaired) electrons. The number of cyclic esters (lactones) is 1. The van der Waals surface area contributed by atoms with Gasteiger partial charge < -0.3 is 20.3 Å². The number of hydrogen-bond acceptors (Lipinski definition) is 6. The number of carbonyl (C=O) groups excluding carboxylic acids is 3. The second-order valence-corrected chi connectivity index (χ2v) is 7.82. The van der Waals surface area contributed by atoms with E-state index >= 15 is 0 Å². The van der Waals surface area contributed by atoms with E-state index in [1.54, 1.807) is 60.7 Å². The predicted molar refractivity (Wildman–Crippen MR) is 112 cm³/mol. The Hall–Kier alpha value is -3.45. The van der Waals surface area contributed by atoms with Crippen molar-refractivity contribution in [1.82, 2.24) is 0 Å². The highest BCUT2D eigenvalue weighted by Gasteiger charge is 2.57. The topological polar surface area (TPSA) is 116 Å². The van der Waals surface area contributed by atoms with E-state index in [-0.39, 0.29) is 24.0 Å². The van der Waals surface area contributed by atoms with Gasteiger partial charge in [-0.25, -0.2) is 9.59 Å². The third-order valence-corrected chi connectivity index (χ3v) is 5.83. The molecule has 1 unspecified atom stereocenters. The fourth-order valence-corrected chi connectivity index (χ4v) is 4.23. The maximum atomic E-state index is 13.3. The van der Waals surface area contributed by atoms with Gasteiger partial charge in [0.2, 0.25) is 0 Å². The number of ether oxygens (including phenoxy) is 2. The van der Waals surface area contributed by atoms with Crippen molar-refractivity contribution >= 4 is 29.0 Å². The van der Waals surface area contributed by atoms with Crippen LogP contribution in [0.15, 0.2) is 60.7 Å². The lowest BCUT2D eigenvalue weighted by Gasteiger charge is -2.36. The first-order valence-electron chi connectivity index (χ1n) is 10.2. The summed E-state index contributed by atoms with van der Waals surface area (Å²) in [6.45, 7) is 0. The Morgan fingerprint density at radius 3 is 2.00 bits per heavy atom. The zero-order valence-corrected chi connectivity index (χ0v) is 16.9. The van der Waals surface area contributed by atoms with Gasteiger partial charge in [0.15, 0.2) is 5.60 Å². The Kier molecular flexibility index (Phi) is 5.37. The first-order valence-corrected chi connectivity index (χ1v) is 10.2. The molecule has 1 fully saturated rings. The lowest BCUT2D eigenvalue weighted by molar-refractivity contribution is -0.215. The highest BCUT2D eigenvalue weighted by Crippen LogP contribution is 2.44. The Bertz CT molecular complexity index is 1040. The fourth-order valence-electron chi connectivity index (χ4n) is 4.23. The molecule has 1 aliphatic carbocycles. The van der Waals surface area contributed by atoms with E-state index in [4.69, 9.17) is 15.2 Å². The molecule has 1 amide bonds. The number of hydrogen-bond donors (Lipinski definition) is 2. The van der Waals surface area contributed by atoms with Gasteiger partial charge in [0.05, 0.1) is 11.1 Å². The molecule has 3 N–H and O–H groups in total. The number of amides is 1. The van der Waals surface area contributed by atoms with E-state index in [2.05, 4.69) is 0 Å². The van der Waals surface area contributed by atoms with Gasteiger partial charge in [-0.2, -0.15) is 0 Å². The van der Waals surface area contributed by atoms with Crippen molar-refractivity contribution in [2.75, 3.05) is 0 Å². The van der Waals surface area contributed by atoms with Crippen molar-refractivity contribution in [3.05, 3.63) is 71.8 Å². The molecule has 1 atom stereocenters. The second kappa shape index (κ2) is 8.00. The summed E-state index contributed by atoms with van der Waals surface area (Å²) in [6, 6.07) is 17.1. The molecule has 7 nitrogen and oxygen atoms in total. The van der Waals surface area contributed by atoms with E-state index in [1.807, 2.05) is 0 Å². The van der Waals surface area contributed by atoms with Gasteiger partial charge in [0, 0.05) is 0 Å². The van der Waals surface area contributed by atoms with E-state index in [0.29, 0.717) is 24.0 Å². The third-order valence-electron chi connectivity index (χ3n) is 5.83. The number of primary amides is 1. The monoisotopic (exact) mass is 421 g/mol. The Labute approximate surface area is 179 Å². The fraction of sp³-hybridized carbons (Fsp3) is 0.292. The van der Waals surface area contributed by atoms with Crippen LogP contribution >= 0.6 is 0 Å². The molecule has 0 aromatic heterocycles. The highest BCUT2D eigenvalue weighted by molar-refractivity contribution is 6.31. The van der Waals surface area contributed by atoms with Crippen LogP contribution in [0.3, 0.4) is 0 Å². The molecule has 2 aliphatic rings. The normalized spacial score (nSPS) is 22.7. The van der Waals surface area contributed by atoms with Crippen LogP contribution in [0.25, 0.3) is 11.1 Å². The van der Waals surface area contributed by atoms with E-state index < -0.39 is 29.2 Å². The molecule has 1 aliphatic heterocycles. The van der Waals surface area contributed by atoms with Gasteiger partial charge in [0.25, 0.3) is 5.91 Å². The minimum Gasteiger partial charge on any atom is -0.444 e. The summed E-state index contributed by atoms with van der Waals surface area (Å²) in [4.78, 5) is 38.3. The zero-order chi connectivity index (χ0) is 22.1. The molecule has 1 saturated carbocycles. The van der Waals surface area contributed by atoms with E-state index in [1.165, 1.54) is 0 Å². The van der Waals surface area contributed by atoms with Crippen molar-refractivity contribution in [3.8, 4) is 0 Å². The molecule has 0 spiro atoms. The summed E-state index contributed by atoms with van der Waals surface area (Å²) in [6.07, 6.45) is 2.72. The van der Waals surface area contributed by atoms with E-state index in [0.717, 1.165) is 6.42 Å². The summed E-state index contributed by atoms with van der Waals surface area (Å²) >= 11 is 0. The summed E-state index contributed by atoms with van der Waals surface area (Å²) in [5, 5.41) is 11.4. The molecular weight excluding hydrogens is 398 g/mol. The number of esters is 2. The SMILES string of the molecule is NC(=O)C1(OC(=O)C2(O)OC(=O)C(c3ccccc3)=C2c2ccccc2)CCCCC1. The molecule has 4 rings (SSSR count). The average molecular weight is 421 g/mol. The van der Waals surface area contributed by atoms with Crippen LogP contribution in [0.5, 0.6) is 0 Å². The quantitative estimate of drug-likeness (QED) is 0.717. The highest BCUT2D eigenvalue weighted by atomic mass is 16.7. The summed E-state index contributed by atoms with van der Waals surface area (Å²) in [7, 11) is 0. The van der Waals surface area contributed by atoms with Crippen LogP contribution in [-0.2, 0) is 23.9 Å². The lowest BCUT2D eigenvalue weighted by atomic mass is 9.83. The molecule has 0 saturated heterocycles. The molecule has 2 aromatic carbocycles. The lowest BCUT2D eigenvalue weighted by Crippen LogP contribution is -2.53. The minimum absolute atomic E-state index is 0.0234. The van der Waals surface area contributed by atoms with Crippen LogP contribution in [0.4, 0.5) is 0 Å². The minimum atomic E-state index is -2.70. The van der Waals surface area contributed by atoms with Crippen LogP contribution < -0.4 is 5.73 Å². The van der Waals surface area contributed by atoms with Crippen molar-refractivity contribution in [2.45, 2.75) is 43.5 Å². The van der Waals surface area contributed by atoms with Gasteiger partial charge in [-0.05, 0) is 36.8 Å². The molecule has 7 heteroatoms. The van der Waals surface area contributed by atoms with Gasteiger partial charge in [0.1, 0.15) is 0 Å². The average Bonchev–Trinajstić information content (AvgIpc) is 3.06. The smallest absolute Gasteiger partial charge is 0.386 e. The van der Waals surface area contributed by atoms with Crippen molar-refractivity contribution in [3.63, 3.8) is 0 Å². The van der Waals surface area contributed by atoms with Crippen molar-refractivity contribution in [2.24, 2.45) is 5.73 Å². The Morgan fingerprint density at radius 1 is 0.903 bits per heavy atom. The van der Waals surface area contributed by atoms with E-state index in [9.17, 15) is 19.5 Å². The standard InChI is InChI=1S/C24H23NO6/c25-21(27)23(14-8-3-9-15-23)31-22(28)24(29)19(17-12-6-2-7-13-17)18(20(26)30-24)16-10-4-1-5-11-16/h1-2,4-7,10-13,29H,3,8-9,14-15H2,(H2,25,27). The van der Waals surface area contributed by atoms with Gasteiger partial charge in [-0.1, -0.05) is 67.1 Å². The molecule has 1 heterocycles. The second-order valence-electron chi connectivity index (χ2n) is 7.82. The Morgan fingerprint density at radius 2 is 1.45 bits per heavy atom. The number of carbonyl (C=O) groups is 3. The molecular formula is C24H23NO6. The summed E-state index contributed by atoms with van der Waals surface area (Å²) < 4.78 is 10.8. The Balaban J connectivity index is 1.82. The van der Waals surface area contributed by atoms with Crippen LogP contribution in [0, 0.1) is 0 Å². The van der Waals surface area contributed by atoms with Crippen LogP contribution in [-0.4, -0.2) is 34.3 Å². The van der Waals surface area contributed by atoms with Gasteiger partial charge in [-0.15, -0.1) is 0 Å². The maximum Gasteiger partial charge on any atom is 0.386 e. The maximum absolute atomic E-state index is 13.3. The van der Waals surface area contributed by atoms with Gasteiger partial charge in [-0.3, -0.25) is 4.79 Å². The molecule has 31 heavy (non-hydrogen) atoms. The summed E-state index contributed by atoms with van der Waals surface area (Å²) in [5.41, 5.74) is 4.97. The van der Waals surface area contributed by atoms with Gasteiger partial charge >= 0.3 is 17.7 Å². The van der Waals surface area contributed by atoms with Crippen molar-refractivity contribution in [1.29, 1.82) is 0 Å². The number of benzene rings is 2. The van der Waals surface area contributed by atoms with Crippen LogP contribution in [0.1, 0.15) is 43.2 Å². The first kappa shape index (κ1) is 20.8.